The molecule has 0 saturated carbocycles. The molecular formula is C19H21FN2O4S. The van der Waals surface area contributed by atoms with Crippen molar-refractivity contribution in [2.24, 2.45) is 0 Å². The molecule has 0 aliphatic carbocycles. The number of amides is 1. The number of rotatable bonds is 6. The Bertz CT molecular complexity index is 898. The maximum absolute atomic E-state index is 13.0. The van der Waals surface area contributed by atoms with Crippen LogP contribution in [0.2, 0.25) is 0 Å². The minimum absolute atomic E-state index is 0.0104. The number of hydrogen-bond donors (Lipinski definition) is 1. The van der Waals surface area contributed by atoms with Gasteiger partial charge in [0.05, 0.1) is 17.5 Å². The Kier molecular flexibility index (Phi) is 5.88. The zero-order valence-electron chi connectivity index (χ0n) is 14.9. The van der Waals surface area contributed by atoms with Crippen LogP contribution >= 0.6 is 0 Å². The number of carbonyl (C=O) groups excluding carboxylic acids is 1. The second-order valence-corrected chi connectivity index (χ2v) is 8.03. The van der Waals surface area contributed by atoms with Gasteiger partial charge in [-0.05, 0) is 48.4 Å². The van der Waals surface area contributed by atoms with Crippen molar-refractivity contribution in [1.82, 2.24) is 4.72 Å². The first-order chi connectivity index (χ1) is 12.9. The van der Waals surface area contributed by atoms with E-state index in [0.29, 0.717) is 0 Å². The van der Waals surface area contributed by atoms with E-state index in [-0.39, 0.29) is 30.5 Å². The van der Waals surface area contributed by atoms with E-state index in [9.17, 15) is 17.6 Å². The van der Waals surface area contributed by atoms with Crippen molar-refractivity contribution in [3.05, 3.63) is 59.9 Å². The van der Waals surface area contributed by atoms with Gasteiger partial charge < -0.3 is 9.64 Å². The first-order valence-electron chi connectivity index (χ1n) is 8.65. The molecule has 1 aliphatic heterocycles. The maximum atomic E-state index is 13.0. The quantitative estimate of drug-likeness (QED) is 0.817. The minimum Gasteiger partial charge on any atom is -0.365 e. The van der Waals surface area contributed by atoms with Gasteiger partial charge in [-0.1, -0.05) is 19.1 Å². The Labute approximate surface area is 158 Å². The van der Waals surface area contributed by atoms with Crippen LogP contribution in [0.4, 0.5) is 10.1 Å². The second kappa shape index (κ2) is 8.16. The molecule has 2 aromatic carbocycles. The molecule has 6 nitrogen and oxygen atoms in total. The zero-order valence-corrected chi connectivity index (χ0v) is 15.7. The lowest BCUT2D eigenvalue weighted by molar-refractivity contribution is -0.129. The number of sulfonamides is 1. The number of nitrogens with one attached hydrogen (secondary N) is 1. The molecule has 27 heavy (non-hydrogen) atoms. The molecule has 1 fully saturated rings. The molecule has 0 spiro atoms. The fraction of sp³-hybridized carbons (Fsp3) is 0.316. The van der Waals surface area contributed by atoms with Crippen LogP contribution in [0.3, 0.4) is 0 Å². The highest BCUT2D eigenvalue weighted by Gasteiger charge is 2.28. The largest absolute Gasteiger partial charge is 0.365 e. The van der Waals surface area contributed by atoms with Crippen molar-refractivity contribution in [2.75, 3.05) is 24.6 Å². The van der Waals surface area contributed by atoms with Crippen molar-refractivity contribution < 1.29 is 22.3 Å². The zero-order chi connectivity index (χ0) is 19.4. The average Bonchev–Trinajstić information content (AvgIpc) is 2.68. The molecule has 1 N–H and O–H groups in total. The van der Waals surface area contributed by atoms with E-state index in [0.717, 1.165) is 24.2 Å². The van der Waals surface area contributed by atoms with E-state index in [4.69, 9.17) is 4.74 Å². The maximum Gasteiger partial charge on any atom is 0.253 e. The van der Waals surface area contributed by atoms with Gasteiger partial charge in [0.2, 0.25) is 10.0 Å². The van der Waals surface area contributed by atoms with Gasteiger partial charge >= 0.3 is 0 Å². The highest BCUT2D eigenvalue weighted by molar-refractivity contribution is 7.89. The van der Waals surface area contributed by atoms with Gasteiger partial charge in [0.15, 0.2) is 0 Å². The van der Waals surface area contributed by atoms with Gasteiger partial charge in [-0.2, -0.15) is 0 Å². The third-order valence-electron chi connectivity index (χ3n) is 4.41. The average molecular weight is 392 g/mol. The van der Waals surface area contributed by atoms with Crippen molar-refractivity contribution >= 4 is 21.6 Å². The summed E-state index contributed by atoms with van der Waals surface area (Å²) in [6.45, 7) is 2.20. The first kappa shape index (κ1) is 19.5. The predicted octanol–water partition coefficient (Wildman–Crippen LogP) is 2.10. The summed E-state index contributed by atoms with van der Waals surface area (Å²) in [4.78, 5) is 13.7. The van der Waals surface area contributed by atoms with E-state index in [1.54, 1.807) is 4.90 Å². The van der Waals surface area contributed by atoms with Crippen LogP contribution in [0.1, 0.15) is 12.5 Å². The second-order valence-electron chi connectivity index (χ2n) is 6.26. The van der Waals surface area contributed by atoms with Crippen molar-refractivity contribution in [3.63, 3.8) is 0 Å². The van der Waals surface area contributed by atoms with Gasteiger partial charge in [0.25, 0.3) is 5.91 Å². The lowest BCUT2D eigenvalue weighted by Crippen LogP contribution is -2.50. The summed E-state index contributed by atoms with van der Waals surface area (Å²) in [5, 5.41) is 0. The molecule has 1 aliphatic rings. The van der Waals surface area contributed by atoms with Crippen LogP contribution in [-0.2, 0) is 26.0 Å². The SMILES string of the molecule is CCc1ccc(N2CC(CNS(=O)(=O)c3ccc(F)cc3)OCC2=O)cc1. The number of nitrogens with zero attached hydrogens (tertiary/aromatic N) is 1. The van der Waals surface area contributed by atoms with Crippen LogP contribution in [0.25, 0.3) is 0 Å². The Hall–Kier alpha value is -2.29. The summed E-state index contributed by atoms with van der Waals surface area (Å²) in [7, 11) is -3.78. The molecule has 2 aromatic rings. The van der Waals surface area contributed by atoms with Crippen LogP contribution in [0.5, 0.6) is 0 Å². The van der Waals surface area contributed by atoms with E-state index < -0.39 is 21.9 Å². The Morgan fingerprint density at radius 3 is 2.44 bits per heavy atom. The van der Waals surface area contributed by atoms with E-state index in [2.05, 4.69) is 11.6 Å². The normalized spacial score (nSPS) is 17.9. The molecule has 0 radical (unpaired) electrons. The van der Waals surface area contributed by atoms with Crippen LogP contribution in [0.15, 0.2) is 53.4 Å². The number of anilines is 1. The topological polar surface area (TPSA) is 75.7 Å². The van der Waals surface area contributed by atoms with Gasteiger partial charge in [-0.15, -0.1) is 0 Å². The molecule has 144 valence electrons. The Morgan fingerprint density at radius 1 is 1.15 bits per heavy atom. The minimum atomic E-state index is -3.78. The number of aryl methyl sites for hydroxylation is 1. The van der Waals surface area contributed by atoms with Gasteiger partial charge in [0, 0.05) is 12.2 Å². The van der Waals surface area contributed by atoms with Crippen LogP contribution in [-0.4, -0.2) is 40.1 Å². The summed E-state index contributed by atoms with van der Waals surface area (Å²) in [6, 6.07) is 12.3. The summed E-state index contributed by atoms with van der Waals surface area (Å²) in [5.74, 6) is -0.676. The predicted molar refractivity (Wildman–Crippen MR) is 99.5 cm³/mol. The summed E-state index contributed by atoms with van der Waals surface area (Å²) in [5.41, 5.74) is 1.93. The lowest BCUT2D eigenvalue weighted by atomic mass is 10.1. The lowest BCUT2D eigenvalue weighted by Gasteiger charge is -2.33. The third-order valence-corrected chi connectivity index (χ3v) is 5.85. The molecule has 3 rings (SSSR count). The summed E-state index contributed by atoms with van der Waals surface area (Å²) in [6.07, 6.45) is 0.425. The van der Waals surface area contributed by atoms with Crippen molar-refractivity contribution in [2.45, 2.75) is 24.3 Å². The molecule has 1 heterocycles. The van der Waals surface area contributed by atoms with Crippen LogP contribution < -0.4 is 9.62 Å². The fourth-order valence-electron chi connectivity index (χ4n) is 2.81. The van der Waals surface area contributed by atoms with E-state index in [1.165, 1.54) is 17.7 Å². The molecule has 8 heteroatoms. The monoisotopic (exact) mass is 392 g/mol. The molecule has 1 saturated heterocycles. The number of ether oxygens (including phenoxy) is 1. The van der Waals surface area contributed by atoms with Gasteiger partial charge in [-0.3, -0.25) is 4.79 Å². The molecule has 1 atom stereocenters. The molecule has 1 amide bonds. The van der Waals surface area contributed by atoms with Gasteiger partial charge in [-0.25, -0.2) is 17.5 Å². The van der Waals surface area contributed by atoms with Crippen LogP contribution in [0, 0.1) is 5.82 Å². The molecular weight excluding hydrogens is 371 g/mol. The van der Waals surface area contributed by atoms with E-state index >= 15 is 0 Å². The number of halogens is 1. The summed E-state index contributed by atoms with van der Waals surface area (Å²) < 4.78 is 45.5. The highest BCUT2D eigenvalue weighted by Crippen LogP contribution is 2.20. The van der Waals surface area contributed by atoms with Gasteiger partial charge in [0.1, 0.15) is 12.4 Å². The third kappa shape index (κ3) is 4.71. The first-order valence-corrected chi connectivity index (χ1v) is 10.1. The number of carbonyl (C=O) groups is 1. The molecule has 1 unspecified atom stereocenters. The van der Waals surface area contributed by atoms with Crippen molar-refractivity contribution in [3.8, 4) is 0 Å². The Balaban J connectivity index is 1.65. The number of benzene rings is 2. The number of hydrogen-bond acceptors (Lipinski definition) is 4. The van der Waals surface area contributed by atoms with Crippen molar-refractivity contribution in [1.29, 1.82) is 0 Å². The standard InChI is InChI=1S/C19H21FN2O4S/c1-2-14-3-7-16(8-4-14)22-12-17(26-13-19(22)23)11-21-27(24,25)18-9-5-15(20)6-10-18/h3-10,17,21H,2,11-13H2,1H3. The molecule has 0 bridgehead atoms. The van der Waals surface area contributed by atoms with E-state index in [1.807, 2.05) is 24.3 Å². The smallest absolute Gasteiger partial charge is 0.253 e. The molecule has 0 aromatic heterocycles. The highest BCUT2D eigenvalue weighted by atomic mass is 32.2. The fourth-order valence-corrected chi connectivity index (χ4v) is 3.88. The summed E-state index contributed by atoms with van der Waals surface area (Å²) >= 11 is 0. The Morgan fingerprint density at radius 2 is 1.81 bits per heavy atom. The number of morpholine rings is 1.